The smallest absolute Gasteiger partial charge is 0.248 e. The van der Waals surface area contributed by atoms with Gasteiger partial charge in [-0.05, 0) is 25.0 Å². The molecule has 6 rings (SSSR count). The van der Waals surface area contributed by atoms with Crippen molar-refractivity contribution in [2.45, 2.75) is 37.3 Å². The zero-order valence-corrected chi connectivity index (χ0v) is 18.5. The minimum atomic E-state index is -0.528. The topological polar surface area (TPSA) is 138 Å². The minimum Gasteiger partial charge on any atom is -0.380 e. The summed E-state index contributed by atoms with van der Waals surface area (Å²) in [6, 6.07) is 5.33. The van der Waals surface area contributed by atoms with Crippen LogP contribution in [0.5, 0.6) is 0 Å². The van der Waals surface area contributed by atoms with Crippen molar-refractivity contribution < 1.29 is 9.53 Å². The fraction of sp³-hybridized carbons (Fsp3) is 0.364. The Bertz CT molecular complexity index is 1320. The fourth-order valence-corrected chi connectivity index (χ4v) is 4.27. The Labute approximate surface area is 194 Å². The maximum Gasteiger partial charge on any atom is 0.248 e. The number of rotatable bonds is 7. The molecule has 2 atom stereocenters. The third-order valence-electron chi connectivity index (χ3n) is 6.21. The number of methoxy groups -OCH3 is 1. The third kappa shape index (κ3) is 3.92. The van der Waals surface area contributed by atoms with Crippen LogP contribution in [0.3, 0.4) is 0 Å². The summed E-state index contributed by atoms with van der Waals surface area (Å²) >= 11 is 0. The predicted octanol–water partition coefficient (Wildman–Crippen LogP) is 2.10. The molecule has 1 amide bonds. The molecule has 0 spiro atoms. The van der Waals surface area contributed by atoms with Crippen molar-refractivity contribution in [3.05, 3.63) is 48.7 Å². The standard InChI is InChI=1S/C22H24N10O2/c1-34-14-9-17(21(33)26-19-11-23-6-7-24-19)31(12-14)22-27-20(16-3-2-8-32(16)30-22)25-18-10-15(28-29-18)13-4-5-13/h2-3,6-8,10-11,13-14,17H,4-5,9,12H2,1H3,(H,24,26,33)(H2,25,27,28,29,30)/t14-,17-/m0/s1. The number of hydrogen-bond acceptors (Lipinski definition) is 9. The summed E-state index contributed by atoms with van der Waals surface area (Å²) in [5.74, 6) is 2.47. The van der Waals surface area contributed by atoms with E-state index in [4.69, 9.17) is 9.72 Å². The van der Waals surface area contributed by atoms with Gasteiger partial charge in [-0.3, -0.25) is 14.9 Å². The molecule has 2 aliphatic rings. The molecule has 5 heterocycles. The van der Waals surface area contributed by atoms with E-state index in [1.807, 2.05) is 29.3 Å². The molecule has 1 aliphatic heterocycles. The Hall–Kier alpha value is -4.06. The zero-order chi connectivity index (χ0) is 23.1. The van der Waals surface area contributed by atoms with Crippen molar-refractivity contribution in [1.29, 1.82) is 0 Å². The number of fused-ring (bicyclic) bond motifs is 1. The Balaban J connectivity index is 1.31. The molecule has 34 heavy (non-hydrogen) atoms. The lowest BCUT2D eigenvalue weighted by Gasteiger charge is -2.24. The molecule has 0 bridgehead atoms. The highest BCUT2D eigenvalue weighted by atomic mass is 16.5. The van der Waals surface area contributed by atoms with Crippen LogP contribution in [0.2, 0.25) is 0 Å². The average molecular weight is 461 g/mol. The molecule has 3 N–H and O–H groups in total. The monoisotopic (exact) mass is 460 g/mol. The molecule has 12 nitrogen and oxygen atoms in total. The van der Waals surface area contributed by atoms with Gasteiger partial charge in [0, 0.05) is 56.3 Å². The van der Waals surface area contributed by atoms with Crippen molar-refractivity contribution in [2.75, 3.05) is 29.2 Å². The lowest BCUT2D eigenvalue weighted by Crippen LogP contribution is -2.41. The van der Waals surface area contributed by atoms with Crippen molar-refractivity contribution in [3.63, 3.8) is 0 Å². The van der Waals surface area contributed by atoms with Gasteiger partial charge in [0.05, 0.1) is 12.3 Å². The Morgan fingerprint density at radius 1 is 1.26 bits per heavy atom. The molecule has 1 saturated carbocycles. The van der Waals surface area contributed by atoms with Crippen LogP contribution < -0.4 is 15.5 Å². The predicted molar refractivity (Wildman–Crippen MR) is 124 cm³/mol. The second-order valence-electron chi connectivity index (χ2n) is 8.55. The van der Waals surface area contributed by atoms with Gasteiger partial charge in [0.1, 0.15) is 11.6 Å². The maximum absolute atomic E-state index is 13.2. The number of nitrogens with one attached hydrogen (secondary N) is 3. The molecule has 1 saturated heterocycles. The van der Waals surface area contributed by atoms with Gasteiger partial charge in [-0.25, -0.2) is 9.50 Å². The summed E-state index contributed by atoms with van der Waals surface area (Å²) in [6.07, 6.45) is 9.20. The highest BCUT2D eigenvalue weighted by Gasteiger charge is 2.39. The highest BCUT2D eigenvalue weighted by molar-refractivity contribution is 5.96. The Morgan fingerprint density at radius 2 is 2.18 bits per heavy atom. The maximum atomic E-state index is 13.2. The second-order valence-corrected chi connectivity index (χ2v) is 8.55. The molecule has 4 aromatic rings. The summed E-state index contributed by atoms with van der Waals surface area (Å²) in [5.41, 5.74) is 1.94. The van der Waals surface area contributed by atoms with Crippen LogP contribution in [0.4, 0.5) is 23.4 Å². The van der Waals surface area contributed by atoms with E-state index in [1.54, 1.807) is 17.8 Å². The van der Waals surface area contributed by atoms with Crippen LogP contribution in [0.1, 0.15) is 30.9 Å². The molecule has 0 unspecified atom stereocenters. The Morgan fingerprint density at radius 3 is 2.97 bits per heavy atom. The van der Waals surface area contributed by atoms with Crippen LogP contribution in [-0.4, -0.2) is 66.5 Å². The largest absolute Gasteiger partial charge is 0.380 e. The number of amides is 1. The number of hydrogen-bond donors (Lipinski definition) is 3. The quantitative estimate of drug-likeness (QED) is 0.378. The highest BCUT2D eigenvalue weighted by Crippen LogP contribution is 2.39. The number of carbonyl (C=O) groups is 1. The molecule has 174 valence electrons. The number of nitrogens with zero attached hydrogens (tertiary/aromatic N) is 7. The van der Waals surface area contributed by atoms with E-state index in [0.717, 1.165) is 11.2 Å². The van der Waals surface area contributed by atoms with E-state index < -0.39 is 6.04 Å². The van der Waals surface area contributed by atoms with Crippen LogP contribution in [0.25, 0.3) is 5.52 Å². The van der Waals surface area contributed by atoms with E-state index in [-0.39, 0.29) is 12.0 Å². The van der Waals surface area contributed by atoms with E-state index in [2.05, 4.69) is 35.9 Å². The van der Waals surface area contributed by atoms with Gasteiger partial charge in [0.2, 0.25) is 11.9 Å². The molecule has 12 heteroatoms. The van der Waals surface area contributed by atoms with E-state index >= 15 is 0 Å². The van der Waals surface area contributed by atoms with Crippen LogP contribution in [0.15, 0.2) is 43.0 Å². The summed E-state index contributed by atoms with van der Waals surface area (Å²) in [7, 11) is 1.64. The molecular weight excluding hydrogens is 436 g/mol. The number of aromatic amines is 1. The van der Waals surface area contributed by atoms with Crippen molar-refractivity contribution in [3.8, 4) is 0 Å². The lowest BCUT2D eigenvalue weighted by molar-refractivity contribution is -0.117. The third-order valence-corrected chi connectivity index (χ3v) is 6.21. The van der Waals surface area contributed by atoms with Crippen LogP contribution >= 0.6 is 0 Å². The average Bonchev–Trinajstić information content (AvgIpc) is 3.24. The summed E-state index contributed by atoms with van der Waals surface area (Å²) in [5, 5.41) is 18.3. The van der Waals surface area contributed by atoms with Gasteiger partial charge < -0.3 is 20.3 Å². The SMILES string of the molecule is CO[C@H]1C[C@@H](C(=O)Nc2cnccn2)N(c2nc(Nc3cc(C4CC4)[nH]n3)c3cccn3n2)C1. The first-order valence-electron chi connectivity index (χ1n) is 11.2. The van der Waals surface area contributed by atoms with E-state index in [1.165, 1.54) is 25.2 Å². The number of aromatic nitrogens is 7. The number of ether oxygens (including phenoxy) is 1. The van der Waals surface area contributed by atoms with Gasteiger partial charge in [-0.2, -0.15) is 10.1 Å². The molecule has 0 aromatic carbocycles. The first-order chi connectivity index (χ1) is 16.7. The lowest BCUT2D eigenvalue weighted by atomic mass is 10.2. The molecular formula is C22H24N10O2. The van der Waals surface area contributed by atoms with E-state index in [0.29, 0.717) is 42.3 Å². The van der Waals surface area contributed by atoms with Gasteiger partial charge in [0.15, 0.2) is 17.5 Å². The van der Waals surface area contributed by atoms with Gasteiger partial charge >= 0.3 is 0 Å². The van der Waals surface area contributed by atoms with Crippen molar-refractivity contribution >= 4 is 34.8 Å². The second kappa shape index (κ2) is 8.37. The van der Waals surface area contributed by atoms with Gasteiger partial charge in [-0.1, -0.05) is 0 Å². The Kier molecular flexibility index (Phi) is 5.06. The fourth-order valence-electron chi connectivity index (χ4n) is 4.27. The minimum absolute atomic E-state index is 0.134. The van der Waals surface area contributed by atoms with E-state index in [9.17, 15) is 4.79 Å². The molecule has 2 fully saturated rings. The molecule has 1 aliphatic carbocycles. The first kappa shape index (κ1) is 20.5. The number of H-pyrrole nitrogens is 1. The summed E-state index contributed by atoms with van der Waals surface area (Å²) < 4.78 is 7.33. The summed E-state index contributed by atoms with van der Waals surface area (Å²) in [6.45, 7) is 0.482. The first-order valence-corrected chi connectivity index (χ1v) is 11.2. The normalized spacial score (nSPS) is 20.1. The van der Waals surface area contributed by atoms with Gasteiger partial charge in [0.25, 0.3) is 0 Å². The van der Waals surface area contributed by atoms with Gasteiger partial charge in [-0.15, -0.1) is 5.10 Å². The zero-order valence-electron chi connectivity index (χ0n) is 18.5. The van der Waals surface area contributed by atoms with Crippen molar-refractivity contribution in [1.82, 2.24) is 34.8 Å². The van der Waals surface area contributed by atoms with Crippen LogP contribution in [-0.2, 0) is 9.53 Å². The molecule has 0 radical (unpaired) electrons. The van der Waals surface area contributed by atoms with Crippen molar-refractivity contribution in [2.24, 2.45) is 0 Å². The summed E-state index contributed by atoms with van der Waals surface area (Å²) in [4.78, 5) is 28.0. The number of carbonyl (C=O) groups excluding carboxylic acids is 1. The molecule has 4 aromatic heterocycles. The van der Waals surface area contributed by atoms with Crippen LogP contribution in [0, 0.1) is 0 Å². The number of anilines is 4.